The maximum atomic E-state index is 11.5. The van der Waals surface area contributed by atoms with Gasteiger partial charge in [0.15, 0.2) is 5.82 Å². The van der Waals surface area contributed by atoms with Gasteiger partial charge >= 0.3 is 5.69 Å². The van der Waals surface area contributed by atoms with Gasteiger partial charge in [0, 0.05) is 12.4 Å². The van der Waals surface area contributed by atoms with Gasteiger partial charge in [0.2, 0.25) is 5.91 Å². The molecule has 0 aromatic carbocycles. The van der Waals surface area contributed by atoms with E-state index in [9.17, 15) is 9.59 Å². The molecule has 0 saturated heterocycles. The third kappa shape index (κ3) is 2.93. The molecule has 2 N–H and O–H groups in total. The highest BCUT2D eigenvalue weighted by molar-refractivity contribution is 5.75. The fourth-order valence-electron chi connectivity index (χ4n) is 1.15. The summed E-state index contributed by atoms with van der Waals surface area (Å²) in [5, 5.41) is 15.5. The van der Waals surface area contributed by atoms with Crippen molar-refractivity contribution in [2.24, 2.45) is 0 Å². The number of hydrogen-bond acceptors (Lipinski definition) is 6. The van der Waals surface area contributed by atoms with Gasteiger partial charge in [0.1, 0.15) is 6.54 Å². The first-order valence-electron chi connectivity index (χ1n) is 4.76. The van der Waals surface area contributed by atoms with Crippen molar-refractivity contribution in [2.75, 3.05) is 0 Å². The number of hydrogen-bond donors (Lipinski definition) is 2. The van der Waals surface area contributed by atoms with Crippen molar-refractivity contribution in [1.82, 2.24) is 35.5 Å². The van der Waals surface area contributed by atoms with E-state index in [0.29, 0.717) is 5.82 Å². The lowest BCUT2D eigenvalue weighted by Crippen LogP contribution is -2.32. The van der Waals surface area contributed by atoms with Crippen molar-refractivity contribution in [1.29, 1.82) is 0 Å². The Morgan fingerprint density at radius 3 is 3.12 bits per heavy atom. The van der Waals surface area contributed by atoms with Crippen molar-refractivity contribution in [3.8, 4) is 0 Å². The molecule has 0 radical (unpaired) electrons. The second-order valence-corrected chi connectivity index (χ2v) is 3.13. The standard InChI is InChI=1S/C8H9N7O2/c16-7(10-4-6-11-13-14-12-6)5-15-3-1-2-9-8(15)17/h1-3H,4-5H2,(H,10,16)(H,11,12,13,14). The summed E-state index contributed by atoms with van der Waals surface area (Å²) >= 11 is 0. The van der Waals surface area contributed by atoms with Gasteiger partial charge in [0.25, 0.3) is 0 Å². The highest BCUT2D eigenvalue weighted by atomic mass is 16.2. The molecule has 0 spiro atoms. The number of tetrazole rings is 1. The lowest BCUT2D eigenvalue weighted by atomic mass is 10.5. The van der Waals surface area contributed by atoms with Gasteiger partial charge < -0.3 is 5.32 Å². The van der Waals surface area contributed by atoms with Gasteiger partial charge in [-0.25, -0.2) is 9.78 Å². The first-order valence-corrected chi connectivity index (χ1v) is 4.76. The van der Waals surface area contributed by atoms with Crippen LogP contribution in [-0.4, -0.2) is 36.1 Å². The summed E-state index contributed by atoms with van der Waals surface area (Å²) in [5.41, 5.74) is -0.470. The fraction of sp³-hybridized carbons (Fsp3) is 0.250. The van der Waals surface area contributed by atoms with E-state index < -0.39 is 5.69 Å². The summed E-state index contributed by atoms with van der Waals surface area (Å²) in [7, 11) is 0. The van der Waals surface area contributed by atoms with Crippen LogP contribution in [0.2, 0.25) is 0 Å². The second kappa shape index (κ2) is 4.96. The SMILES string of the molecule is O=C(Cn1cccnc1=O)NCc1nn[nH]n1. The van der Waals surface area contributed by atoms with E-state index in [0.717, 1.165) is 0 Å². The van der Waals surface area contributed by atoms with Gasteiger partial charge in [-0.3, -0.25) is 9.36 Å². The van der Waals surface area contributed by atoms with Crippen LogP contribution in [0.1, 0.15) is 5.82 Å². The van der Waals surface area contributed by atoms with Crippen molar-refractivity contribution in [3.63, 3.8) is 0 Å². The van der Waals surface area contributed by atoms with Gasteiger partial charge in [0.05, 0.1) is 6.54 Å². The maximum Gasteiger partial charge on any atom is 0.347 e. The van der Waals surface area contributed by atoms with E-state index in [1.807, 2.05) is 0 Å². The predicted octanol–water partition coefficient (Wildman–Crippen LogP) is -1.93. The van der Waals surface area contributed by atoms with Crippen LogP contribution in [0.4, 0.5) is 0 Å². The number of aromatic nitrogens is 6. The minimum atomic E-state index is -0.470. The van der Waals surface area contributed by atoms with Gasteiger partial charge in [-0.05, 0) is 6.07 Å². The van der Waals surface area contributed by atoms with Crippen LogP contribution in [-0.2, 0) is 17.9 Å². The van der Waals surface area contributed by atoms with Crippen LogP contribution in [0.3, 0.4) is 0 Å². The second-order valence-electron chi connectivity index (χ2n) is 3.13. The highest BCUT2D eigenvalue weighted by Crippen LogP contribution is 1.84. The molecule has 0 atom stereocenters. The van der Waals surface area contributed by atoms with Gasteiger partial charge in [-0.15, -0.1) is 10.2 Å². The number of amides is 1. The van der Waals surface area contributed by atoms with Gasteiger partial charge in [-0.2, -0.15) is 5.21 Å². The zero-order valence-electron chi connectivity index (χ0n) is 8.70. The largest absolute Gasteiger partial charge is 0.347 e. The lowest BCUT2D eigenvalue weighted by Gasteiger charge is -2.04. The quantitative estimate of drug-likeness (QED) is 0.637. The van der Waals surface area contributed by atoms with Crippen LogP contribution < -0.4 is 11.0 Å². The van der Waals surface area contributed by atoms with Crippen molar-refractivity contribution in [3.05, 3.63) is 34.8 Å². The third-order valence-corrected chi connectivity index (χ3v) is 1.93. The third-order valence-electron chi connectivity index (χ3n) is 1.93. The molecule has 0 bridgehead atoms. The van der Waals surface area contributed by atoms with Crippen LogP contribution in [0.25, 0.3) is 0 Å². The molecule has 0 aliphatic carbocycles. The molecule has 17 heavy (non-hydrogen) atoms. The van der Waals surface area contributed by atoms with E-state index in [4.69, 9.17) is 0 Å². The monoisotopic (exact) mass is 235 g/mol. The summed E-state index contributed by atoms with van der Waals surface area (Å²) in [4.78, 5) is 26.2. The highest BCUT2D eigenvalue weighted by Gasteiger charge is 2.05. The molecule has 2 rings (SSSR count). The number of rotatable bonds is 4. The minimum Gasteiger partial charge on any atom is -0.347 e. The number of H-pyrrole nitrogens is 1. The molecule has 0 unspecified atom stereocenters. The molecule has 1 amide bonds. The molecule has 0 aliphatic heterocycles. The van der Waals surface area contributed by atoms with Crippen LogP contribution in [0, 0.1) is 0 Å². The number of carbonyl (C=O) groups is 1. The number of aromatic amines is 1. The summed E-state index contributed by atoms with van der Waals surface area (Å²) < 4.78 is 1.20. The molecule has 88 valence electrons. The van der Waals surface area contributed by atoms with Crippen molar-refractivity contribution < 1.29 is 4.79 Å². The first kappa shape index (κ1) is 10.9. The zero-order chi connectivity index (χ0) is 12.1. The molecular weight excluding hydrogens is 226 g/mol. The van der Waals surface area contributed by atoms with E-state index >= 15 is 0 Å². The van der Waals surface area contributed by atoms with Crippen LogP contribution in [0.15, 0.2) is 23.3 Å². The van der Waals surface area contributed by atoms with Crippen LogP contribution >= 0.6 is 0 Å². The molecule has 0 fully saturated rings. The number of carbonyl (C=O) groups excluding carboxylic acids is 1. The summed E-state index contributed by atoms with van der Waals surface area (Å²) in [5.74, 6) is 0.0433. The minimum absolute atomic E-state index is 0.0927. The Kier molecular flexibility index (Phi) is 3.19. The molecule has 2 aromatic rings. The Hall–Kier alpha value is -2.58. The summed E-state index contributed by atoms with van der Waals surface area (Å²) in [6.45, 7) is 0.0644. The normalized spacial score (nSPS) is 10.1. The van der Waals surface area contributed by atoms with Gasteiger partial charge in [-0.1, -0.05) is 5.21 Å². The Labute approximate surface area is 94.9 Å². The molecular formula is C8H9N7O2. The van der Waals surface area contributed by atoms with Crippen LogP contribution in [0.5, 0.6) is 0 Å². The van der Waals surface area contributed by atoms with E-state index in [1.165, 1.54) is 17.0 Å². The summed E-state index contributed by atoms with van der Waals surface area (Å²) in [6, 6.07) is 1.58. The Morgan fingerprint density at radius 1 is 1.53 bits per heavy atom. The van der Waals surface area contributed by atoms with E-state index in [2.05, 4.69) is 30.9 Å². The maximum absolute atomic E-state index is 11.5. The Balaban J connectivity index is 1.90. The average molecular weight is 235 g/mol. The van der Waals surface area contributed by atoms with Crippen molar-refractivity contribution >= 4 is 5.91 Å². The topological polar surface area (TPSA) is 118 Å². The van der Waals surface area contributed by atoms with Crippen molar-refractivity contribution in [2.45, 2.75) is 13.1 Å². The van der Waals surface area contributed by atoms with E-state index in [1.54, 1.807) is 6.07 Å². The Morgan fingerprint density at radius 2 is 2.41 bits per heavy atom. The fourth-order valence-corrected chi connectivity index (χ4v) is 1.15. The number of nitrogens with one attached hydrogen (secondary N) is 2. The molecule has 2 heterocycles. The first-order chi connectivity index (χ1) is 8.25. The summed E-state index contributed by atoms with van der Waals surface area (Å²) in [6.07, 6.45) is 2.86. The predicted molar refractivity (Wildman–Crippen MR) is 54.5 cm³/mol. The number of nitrogens with zero attached hydrogens (tertiary/aromatic N) is 5. The lowest BCUT2D eigenvalue weighted by molar-refractivity contribution is -0.121. The molecule has 0 aliphatic rings. The molecule has 9 heteroatoms. The molecule has 2 aromatic heterocycles. The zero-order valence-corrected chi connectivity index (χ0v) is 8.70. The molecule has 9 nitrogen and oxygen atoms in total. The smallest absolute Gasteiger partial charge is 0.347 e. The Bertz CT molecular complexity index is 547. The molecule has 0 saturated carbocycles. The average Bonchev–Trinajstić information content (AvgIpc) is 2.82. The van der Waals surface area contributed by atoms with E-state index in [-0.39, 0.29) is 19.0 Å².